The maximum atomic E-state index is 11.2. The van der Waals surface area contributed by atoms with Gasteiger partial charge in [-0.15, -0.1) is 0 Å². The van der Waals surface area contributed by atoms with E-state index < -0.39 is 46.1 Å². The second kappa shape index (κ2) is 6.14. The first-order valence-corrected chi connectivity index (χ1v) is 4.96. The van der Waals surface area contributed by atoms with E-state index in [1.54, 1.807) is 0 Å². The third-order valence-electron chi connectivity index (χ3n) is 2.24. The smallest absolute Gasteiger partial charge is 0.340 e. The summed E-state index contributed by atoms with van der Waals surface area (Å²) in [5.74, 6) is -7.16. The first kappa shape index (κ1) is 15.6. The van der Waals surface area contributed by atoms with Gasteiger partial charge in [0, 0.05) is 6.07 Å². The van der Waals surface area contributed by atoms with Crippen LogP contribution in [-0.4, -0.2) is 46.2 Å². The second-order valence-electron chi connectivity index (χ2n) is 3.34. The van der Waals surface area contributed by atoms with Gasteiger partial charge in [0.1, 0.15) is 5.56 Å². The van der Waals surface area contributed by atoms with Gasteiger partial charge in [0.15, 0.2) is 11.5 Å². The fourth-order valence-electron chi connectivity index (χ4n) is 1.54. The summed E-state index contributed by atoms with van der Waals surface area (Å²) in [5.41, 5.74) is -3.20. The second-order valence-corrected chi connectivity index (χ2v) is 3.34. The molecule has 0 aliphatic carbocycles. The van der Waals surface area contributed by atoms with Gasteiger partial charge in [-0.3, -0.25) is 9.59 Å². The van der Waals surface area contributed by atoms with Crippen molar-refractivity contribution in [3.8, 4) is 11.5 Å². The first-order chi connectivity index (χ1) is 9.84. The van der Waals surface area contributed by atoms with Gasteiger partial charge in [-0.25, -0.2) is 14.4 Å². The van der Waals surface area contributed by atoms with Crippen LogP contribution in [-0.2, 0) is 9.59 Å². The molecule has 110 valence electrons. The first-order valence-electron chi connectivity index (χ1n) is 4.96. The molecule has 21 heavy (non-hydrogen) atoms. The Hall–Kier alpha value is -3.43. The van der Waals surface area contributed by atoms with Crippen molar-refractivity contribution >= 4 is 30.9 Å². The van der Waals surface area contributed by atoms with Gasteiger partial charge < -0.3 is 24.8 Å². The molecule has 0 spiro atoms. The lowest BCUT2D eigenvalue weighted by Gasteiger charge is -2.13. The predicted molar refractivity (Wildman–Crippen MR) is 60.7 cm³/mol. The molecule has 0 heterocycles. The molecule has 0 saturated heterocycles. The number of carboxylic acids is 3. The van der Waals surface area contributed by atoms with Crippen LogP contribution in [0.1, 0.15) is 31.1 Å². The van der Waals surface area contributed by atoms with E-state index in [-0.39, 0.29) is 12.9 Å². The van der Waals surface area contributed by atoms with E-state index in [4.69, 9.17) is 15.3 Å². The Balaban J connectivity index is 3.92. The van der Waals surface area contributed by atoms with Crippen molar-refractivity contribution in [2.75, 3.05) is 0 Å². The molecule has 0 atom stereocenters. The number of carbonyl (C=O) groups is 5. The zero-order chi connectivity index (χ0) is 16.2. The van der Waals surface area contributed by atoms with Gasteiger partial charge in [0.2, 0.25) is 0 Å². The van der Waals surface area contributed by atoms with E-state index >= 15 is 0 Å². The van der Waals surface area contributed by atoms with Crippen LogP contribution in [0.15, 0.2) is 6.07 Å². The monoisotopic (exact) mass is 298 g/mol. The third kappa shape index (κ3) is 2.94. The van der Waals surface area contributed by atoms with Gasteiger partial charge in [-0.05, 0) is 0 Å². The molecule has 1 aromatic rings. The molecule has 0 saturated carbocycles. The lowest BCUT2D eigenvalue weighted by Crippen LogP contribution is -2.17. The quantitative estimate of drug-likeness (QED) is 0.576. The zero-order valence-corrected chi connectivity index (χ0v) is 9.93. The predicted octanol–water partition coefficient (Wildman–Crippen LogP) is -0.148. The molecule has 10 heteroatoms. The highest BCUT2D eigenvalue weighted by atomic mass is 16.6. The molecular weight excluding hydrogens is 292 g/mol. The highest BCUT2D eigenvalue weighted by Crippen LogP contribution is 2.36. The summed E-state index contributed by atoms with van der Waals surface area (Å²) >= 11 is 0. The van der Waals surface area contributed by atoms with Gasteiger partial charge in [-0.2, -0.15) is 0 Å². The van der Waals surface area contributed by atoms with Crippen LogP contribution in [0.4, 0.5) is 0 Å². The lowest BCUT2D eigenvalue weighted by molar-refractivity contribution is -0.123. The van der Waals surface area contributed by atoms with Crippen LogP contribution in [0, 0.1) is 0 Å². The molecule has 10 nitrogen and oxygen atoms in total. The number of aromatic carboxylic acids is 3. The summed E-state index contributed by atoms with van der Waals surface area (Å²) < 4.78 is 8.63. The van der Waals surface area contributed by atoms with E-state index in [2.05, 4.69) is 9.47 Å². The summed E-state index contributed by atoms with van der Waals surface area (Å²) in [5, 5.41) is 26.9. The van der Waals surface area contributed by atoms with Gasteiger partial charge in [-0.1, -0.05) is 0 Å². The highest BCUT2D eigenvalue weighted by Gasteiger charge is 2.31. The molecule has 0 radical (unpaired) electrons. The number of hydrogen-bond acceptors (Lipinski definition) is 7. The number of rotatable bonds is 7. The van der Waals surface area contributed by atoms with E-state index in [1.165, 1.54) is 0 Å². The summed E-state index contributed by atoms with van der Waals surface area (Å²) in [6.07, 6.45) is 0. The average molecular weight is 298 g/mol. The largest absolute Gasteiger partial charge is 0.478 e. The van der Waals surface area contributed by atoms with Crippen LogP contribution in [0.25, 0.3) is 0 Å². The number of carbonyl (C=O) groups excluding carboxylic acids is 2. The van der Waals surface area contributed by atoms with Gasteiger partial charge in [0.05, 0.1) is 11.1 Å². The fraction of sp³-hybridized carbons (Fsp3) is 0. The Morgan fingerprint density at radius 2 is 1.38 bits per heavy atom. The van der Waals surface area contributed by atoms with Crippen molar-refractivity contribution in [2.24, 2.45) is 0 Å². The maximum absolute atomic E-state index is 11.2. The Labute approximate surface area is 115 Å². The number of benzene rings is 1. The number of carboxylic acid groups (broad SMARTS) is 3. The maximum Gasteiger partial charge on any atom is 0.340 e. The van der Waals surface area contributed by atoms with Crippen molar-refractivity contribution in [1.29, 1.82) is 0 Å². The van der Waals surface area contributed by atoms with Gasteiger partial charge in [0.25, 0.3) is 12.9 Å². The summed E-state index contributed by atoms with van der Waals surface area (Å²) in [4.78, 5) is 54.0. The van der Waals surface area contributed by atoms with Crippen LogP contribution in [0.3, 0.4) is 0 Å². The summed E-state index contributed by atoms with van der Waals surface area (Å²) in [6.45, 7) is -0.407. The van der Waals surface area contributed by atoms with Crippen LogP contribution < -0.4 is 9.47 Å². The van der Waals surface area contributed by atoms with E-state index in [0.717, 1.165) is 0 Å². The number of ether oxygens (including phenoxy) is 2. The zero-order valence-electron chi connectivity index (χ0n) is 9.93. The van der Waals surface area contributed by atoms with Crippen LogP contribution in [0.5, 0.6) is 11.5 Å². The van der Waals surface area contributed by atoms with E-state index in [9.17, 15) is 24.0 Å². The minimum absolute atomic E-state index is 0.176. The normalized spacial score (nSPS) is 9.52. The lowest BCUT2D eigenvalue weighted by atomic mass is 9.99. The van der Waals surface area contributed by atoms with E-state index in [0.29, 0.717) is 6.07 Å². The molecule has 0 amide bonds. The van der Waals surface area contributed by atoms with Crippen molar-refractivity contribution in [3.63, 3.8) is 0 Å². The number of hydrogen-bond donors (Lipinski definition) is 3. The van der Waals surface area contributed by atoms with E-state index in [1.807, 2.05) is 0 Å². The van der Waals surface area contributed by atoms with Crippen LogP contribution >= 0.6 is 0 Å². The Morgan fingerprint density at radius 1 is 0.857 bits per heavy atom. The van der Waals surface area contributed by atoms with Crippen molar-refractivity contribution in [3.05, 3.63) is 22.8 Å². The minimum Gasteiger partial charge on any atom is -0.478 e. The molecule has 0 fully saturated rings. The summed E-state index contributed by atoms with van der Waals surface area (Å²) in [6, 6.07) is 0.561. The Bertz CT molecular complexity index is 645. The SMILES string of the molecule is O=COc1cc(C(=O)O)c(C(=O)O)c(C(=O)O)c1OC=O. The molecule has 0 aromatic heterocycles. The molecule has 0 bridgehead atoms. The average Bonchev–Trinajstić information content (AvgIpc) is 2.39. The highest BCUT2D eigenvalue weighted by molar-refractivity contribution is 6.11. The molecule has 3 N–H and O–H groups in total. The van der Waals surface area contributed by atoms with Gasteiger partial charge >= 0.3 is 17.9 Å². The molecular formula is C11H6O10. The standard InChI is InChI=1S/C11H6O10/c12-2-20-5-1-4(9(14)15)6(10(16)17)7(11(18)19)8(5)21-3-13/h1-3H,(H,14,15)(H,16,17)(H,18,19). The molecule has 1 aromatic carbocycles. The summed E-state index contributed by atoms with van der Waals surface area (Å²) in [7, 11) is 0. The molecule has 0 aliphatic rings. The van der Waals surface area contributed by atoms with Crippen LogP contribution in [0.2, 0.25) is 0 Å². The van der Waals surface area contributed by atoms with Crippen molar-refractivity contribution in [1.82, 2.24) is 0 Å². The topological polar surface area (TPSA) is 164 Å². The molecule has 1 rings (SSSR count). The third-order valence-corrected chi connectivity index (χ3v) is 2.24. The minimum atomic E-state index is -1.89. The Morgan fingerprint density at radius 3 is 1.76 bits per heavy atom. The Kier molecular flexibility index (Phi) is 4.57. The molecule has 0 aliphatic heterocycles. The van der Waals surface area contributed by atoms with Crippen molar-refractivity contribution < 1.29 is 48.8 Å². The molecule has 0 unspecified atom stereocenters. The fourth-order valence-corrected chi connectivity index (χ4v) is 1.54. The van der Waals surface area contributed by atoms with Crippen molar-refractivity contribution in [2.45, 2.75) is 0 Å².